The maximum atomic E-state index is 4.85. The molecule has 0 atom stereocenters. The maximum absolute atomic E-state index is 4.85. The summed E-state index contributed by atoms with van der Waals surface area (Å²) in [6.45, 7) is 5.59. The van der Waals surface area contributed by atoms with E-state index < -0.39 is 0 Å². The van der Waals surface area contributed by atoms with Crippen molar-refractivity contribution in [1.29, 1.82) is 0 Å². The summed E-state index contributed by atoms with van der Waals surface area (Å²) in [5.41, 5.74) is 0.986. The Kier molecular flexibility index (Phi) is 4.12. The van der Waals surface area contributed by atoms with Gasteiger partial charge in [-0.05, 0) is 31.2 Å². The molecule has 0 amide bonds. The summed E-state index contributed by atoms with van der Waals surface area (Å²) in [4.78, 5) is 22.7. The molecule has 1 aromatic carbocycles. The van der Waals surface area contributed by atoms with Crippen LogP contribution in [-0.4, -0.2) is 50.7 Å². The Bertz CT molecular complexity index is 1110. The van der Waals surface area contributed by atoms with Crippen molar-refractivity contribution in [2.45, 2.75) is 6.92 Å². The minimum absolute atomic E-state index is 0.900. The van der Waals surface area contributed by atoms with Crippen molar-refractivity contribution in [1.82, 2.24) is 24.5 Å². The minimum atomic E-state index is 0.900. The third-order valence-corrected chi connectivity index (χ3v) is 5.22. The second kappa shape index (κ2) is 6.92. The molecule has 4 aromatic rings. The maximum Gasteiger partial charge on any atom is 0.140 e. The fourth-order valence-electron chi connectivity index (χ4n) is 3.73. The predicted octanol–water partition coefficient (Wildman–Crippen LogP) is 2.85. The van der Waals surface area contributed by atoms with Crippen LogP contribution in [0.1, 0.15) is 5.82 Å². The summed E-state index contributed by atoms with van der Waals surface area (Å²) in [5, 5.41) is 1.11. The number of pyridine rings is 1. The Balaban J connectivity index is 1.36. The fourth-order valence-corrected chi connectivity index (χ4v) is 3.73. The standard InChI is InChI=1S/C21H21N7/c1-16-22-9-10-28(16)20-8-4-7-19(25-20)26-11-13-27(14-12-26)21-17-5-2-3-6-18(17)23-15-24-21/h2-10,15H,11-14H2,1H3. The van der Waals surface area contributed by atoms with Crippen molar-refractivity contribution < 1.29 is 0 Å². The molecule has 1 aliphatic rings. The zero-order chi connectivity index (χ0) is 18.9. The van der Waals surface area contributed by atoms with Crippen LogP contribution in [-0.2, 0) is 0 Å². The number of aromatic nitrogens is 5. The third kappa shape index (κ3) is 2.94. The highest BCUT2D eigenvalue weighted by molar-refractivity contribution is 5.89. The Morgan fingerprint density at radius 1 is 0.786 bits per heavy atom. The predicted molar refractivity (Wildman–Crippen MR) is 110 cm³/mol. The first-order valence-electron chi connectivity index (χ1n) is 9.46. The van der Waals surface area contributed by atoms with E-state index in [4.69, 9.17) is 4.98 Å². The van der Waals surface area contributed by atoms with Crippen LogP contribution in [0.15, 0.2) is 61.2 Å². The molecule has 0 spiro atoms. The molecule has 4 heterocycles. The molecule has 0 bridgehead atoms. The molecule has 3 aromatic heterocycles. The number of imidazole rings is 1. The fraction of sp³-hybridized carbons (Fsp3) is 0.238. The zero-order valence-corrected chi connectivity index (χ0v) is 15.7. The summed E-state index contributed by atoms with van der Waals surface area (Å²) in [5.74, 6) is 3.85. The highest BCUT2D eigenvalue weighted by Crippen LogP contribution is 2.25. The van der Waals surface area contributed by atoms with Crippen LogP contribution < -0.4 is 9.80 Å². The molecule has 0 saturated carbocycles. The number of anilines is 2. The van der Waals surface area contributed by atoms with Gasteiger partial charge in [-0.3, -0.25) is 4.57 Å². The van der Waals surface area contributed by atoms with Gasteiger partial charge in [0.1, 0.15) is 29.6 Å². The highest BCUT2D eigenvalue weighted by Gasteiger charge is 2.21. The van der Waals surface area contributed by atoms with Gasteiger partial charge in [0.05, 0.1) is 5.52 Å². The number of hydrogen-bond donors (Lipinski definition) is 0. The Labute approximate surface area is 163 Å². The van der Waals surface area contributed by atoms with Crippen LogP contribution in [0.3, 0.4) is 0 Å². The largest absolute Gasteiger partial charge is 0.353 e. The molecule has 7 nitrogen and oxygen atoms in total. The first-order chi connectivity index (χ1) is 13.8. The van der Waals surface area contributed by atoms with E-state index >= 15 is 0 Å². The lowest BCUT2D eigenvalue weighted by atomic mass is 10.2. The number of hydrogen-bond acceptors (Lipinski definition) is 6. The number of fused-ring (bicyclic) bond motifs is 1. The molecule has 0 N–H and O–H groups in total. The second-order valence-corrected chi connectivity index (χ2v) is 6.89. The van der Waals surface area contributed by atoms with Crippen LogP contribution in [0, 0.1) is 6.92 Å². The van der Waals surface area contributed by atoms with Crippen LogP contribution in [0.25, 0.3) is 16.7 Å². The lowest BCUT2D eigenvalue weighted by Gasteiger charge is -2.36. The third-order valence-electron chi connectivity index (χ3n) is 5.22. The van der Waals surface area contributed by atoms with Crippen LogP contribution in [0.2, 0.25) is 0 Å². The lowest BCUT2D eigenvalue weighted by Crippen LogP contribution is -2.47. The van der Waals surface area contributed by atoms with Crippen molar-refractivity contribution in [2.24, 2.45) is 0 Å². The first kappa shape index (κ1) is 16.7. The summed E-state index contributed by atoms with van der Waals surface area (Å²) < 4.78 is 2.01. The SMILES string of the molecule is Cc1nccn1-c1cccc(N2CCN(c3ncnc4ccccc34)CC2)n1. The van der Waals surface area contributed by atoms with Gasteiger partial charge >= 0.3 is 0 Å². The van der Waals surface area contributed by atoms with E-state index in [1.165, 1.54) is 0 Å². The topological polar surface area (TPSA) is 63.0 Å². The van der Waals surface area contributed by atoms with Gasteiger partial charge in [-0.25, -0.2) is 19.9 Å². The van der Waals surface area contributed by atoms with Crippen molar-refractivity contribution in [3.63, 3.8) is 0 Å². The van der Waals surface area contributed by atoms with Crippen molar-refractivity contribution >= 4 is 22.5 Å². The molecule has 1 fully saturated rings. The van der Waals surface area contributed by atoms with E-state index in [2.05, 4.69) is 43.0 Å². The van der Waals surface area contributed by atoms with Crippen molar-refractivity contribution in [3.8, 4) is 5.82 Å². The Morgan fingerprint density at radius 3 is 2.39 bits per heavy atom. The van der Waals surface area contributed by atoms with Gasteiger partial charge < -0.3 is 9.80 Å². The molecular formula is C21H21N7. The van der Waals surface area contributed by atoms with Gasteiger partial charge in [0, 0.05) is 44.0 Å². The van der Waals surface area contributed by atoms with Gasteiger partial charge in [-0.2, -0.15) is 0 Å². The van der Waals surface area contributed by atoms with Gasteiger partial charge in [0.25, 0.3) is 0 Å². The van der Waals surface area contributed by atoms with Gasteiger partial charge in [0.15, 0.2) is 0 Å². The van der Waals surface area contributed by atoms with E-state index in [-0.39, 0.29) is 0 Å². The molecule has 1 aliphatic heterocycles. The van der Waals surface area contributed by atoms with E-state index in [9.17, 15) is 0 Å². The molecule has 0 aliphatic carbocycles. The van der Waals surface area contributed by atoms with Crippen LogP contribution in [0.5, 0.6) is 0 Å². The van der Waals surface area contributed by atoms with E-state index in [1.54, 1.807) is 12.5 Å². The molecule has 1 saturated heterocycles. The van der Waals surface area contributed by atoms with E-state index in [0.717, 1.165) is 60.4 Å². The first-order valence-corrected chi connectivity index (χ1v) is 9.46. The molecule has 5 rings (SSSR count). The van der Waals surface area contributed by atoms with E-state index in [1.807, 2.05) is 42.0 Å². The Morgan fingerprint density at radius 2 is 1.57 bits per heavy atom. The van der Waals surface area contributed by atoms with Gasteiger partial charge in [-0.15, -0.1) is 0 Å². The van der Waals surface area contributed by atoms with Crippen molar-refractivity contribution in [2.75, 3.05) is 36.0 Å². The van der Waals surface area contributed by atoms with Gasteiger partial charge in [-0.1, -0.05) is 18.2 Å². The van der Waals surface area contributed by atoms with Gasteiger partial charge in [0.2, 0.25) is 0 Å². The van der Waals surface area contributed by atoms with Crippen molar-refractivity contribution in [3.05, 3.63) is 67.0 Å². The summed E-state index contributed by atoms with van der Waals surface area (Å²) >= 11 is 0. The lowest BCUT2D eigenvalue weighted by molar-refractivity contribution is 0.642. The Hall–Kier alpha value is -3.48. The number of nitrogens with zero attached hydrogens (tertiary/aromatic N) is 7. The summed E-state index contributed by atoms with van der Waals surface area (Å²) in [7, 11) is 0. The quantitative estimate of drug-likeness (QED) is 0.552. The average molecular weight is 371 g/mol. The normalized spacial score (nSPS) is 14.6. The van der Waals surface area contributed by atoms with E-state index in [0.29, 0.717) is 0 Å². The molecule has 28 heavy (non-hydrogen) atoms. The molecule has 7 heteroatoms. The second-order valence-electron chi connectivity index (χ2n) is 6.89. The minimum Gasteiger partial charge on any atom is -0.353 e. The number of piperazine rings is 1. The highest BCUT2D eigenvalue weighted by atomic mass is 15.3. The van der Waals surface area contributed by atoms with Crippen LogP contribution >= 0.6 is 0 Å². The number of aryl methyl sites for hydroxylation is 1. The number of rotatable bonds is 3. The van der Waals surface area contributed by atoms with Crippen LogP contribution in [0.4, 0.5) is 11.6 Å². The zero-order valence-electron chi connectivity index (χ0n) is 15.7. The average Bonchev–Trinajstić information content (AvgIpc) is 3.19. The molecule has 0 radical (unpaired) electrons. The monoisotopic (exact) mass is 371 g/mol. The molecule has 140 valence electrons. The number of benzene rings is 1. The molecule has 0 unspecified atom stereocenters. The number of para-hydroxylation sites is 1. The summed E-state index contributed by atoms with van der Waals surface area (Å²) in [6.07, 6.45) is 5.40. The summed E-state index contributed by atoms with van der Waals surface area (Å²) in [6, 6.07) is 14.3. The molecular weight excluding hydrogens is 350 g/mol. The smallest absolute Gasteiger partial charge is 0.140 e.